The molecule has 138 valence electrons. The maximum absolute atomic E-state index is 12.5. The van der Waals surface area contributed by atoms with Gasteiger partial charge in [0.05, 0.1) is 6.26 Å². The molecule has 2 amide bonds. The van der Waals surface area contributed by atoms with Gasteiger partial charge >= 0.3 is 0 Å². The van der Waals surface area contributed by atoms with E-state index in [-0.39, 0.29) is 36.3 Å². The summed E-state index contributed by atoms with van der Waals surface area (Å²) < 4.78 is 10.7. The standard InChI is InChI=1S/C20H24N2O4/c1-14-5-3-6-15(2)22(14)19(23)13-26-17-10-8-16(9-11-17)21-20(24)18-7-4-12-25-18/h4,7-12,14-15H,3,5-6,13H2,1-2H3,(H,21,24). The van der Waals surface area contributed by atoms with Gasteiger partial charge in [-0.1, -0.05) is 0 Å². The molecule has 1 fully saturated rings. The molecule has 2 unspecified atom stereocenters. The van der Waals surface area contributed by atoms with Gasteiger partial charge in [0.1, 0.15) is 5.75 Å². The molecule has 6 heteroatoms. The van der Waals surface area contributed by atoms with E-state index in [1.807, 2.05) is 4.90 Å². The number of nitrogens with zero attached hydrogens (tertiary/aromatic N) is 1. The third-order valence-electron chi connectivity index (χ3n) is 4.70. The highest BCUT2D eigenvalue weighted by Crippen LogP contribution is 2.23. The monoisotopic (exact) mass is 356 g/mol. The van der Waals surface area contributed by atoms with Crippen LogP contribution in [-0.4, -0.2) is 35.4 Å². The highest BCUT2D eigenvalue weighted by molar-refractivity contribution is 6.02. The van der Waals surface area contributed by atoms with Crippen molar-refractivity contribution in [2.45, 2.75) is 45.2 Å². The van der Waals surface area contributed by atoms with Crippen molar-refractivity contribution in [3.63, 3.8) is 0 Å². The average Bonchev–Trinajstić information content (AvgIpc) is 3.16. The largest absolute Gasteiger partial charge is 0.484 e. The molecule has 1 aliphatic rings. The number of carbonyl (C=O) groups is 2. The normalized spacial score (nSPS) is 19.8. The summed E-state index contributed by atoms with van der Waals surface area (Å²) in [5.74, 6) is 0.541. The summed E-state index contributed by atoms with van der Waals surface area (Å²) in [6, 6.07) is 10.7. The van der Waals surface area contributed by atoms with Crippen LogP contribution in [0.2, 0.25) is 0 Å². The van der Waals surface area contributed by atoms with E-state index in [0.717, 1.165) is 19.3 Å². The molecule has 1 N–H and O–H groups in total. The van der Waals surface area contributed by atoms with Gasteiger partial charge in [-0.25, -0.2) is 0 Å². The van der Waals surface area contributed by atoms with Gasteiger partial charge in [-0.2, -0.15) is 0 Å². The molecule has 0 aliphatic carbocycles. The van der Waals surface area contributed by atoms with Gasteiger partial charge in [0.2, 0.25) is 0 Å². The van der Waals surface area contributed by atoms with Crippen molar-refractivity contribution in [1.82, 2.24) is 4.90 Å². The number of anilines is 1. The summed E-state index contributed by atoms with van der Waals surface area (Å²) in [4.78, 5) is 26.3. The molecule has 1 aliphatic heterocycles. The van der Waals surface area contributed by atoms with Crippen molar-refractivity contribution in [3.05, 3.63) is 48.4 Å². The lowest BCUT2D eigenvalue weighted by Crippen LogP contribution is -2.49. The van der Waals surface area contributed by atoms with Crippen LogP contribution in [0.5, 0.6) is 5.75 Å². The van der Waals surface area contributed by atoms with Crippen LogP contribution in [0.1, 0.15) is 43.7 Å². The zero-order chi connectivity index (χ0) is 18.5. The summed E-state index contributed by atoms with van der Waals surface area (Å²) in [7, 11) is 0. The lowest BCUT2D eigenvalue weighted by Gasteiger charge is -2.38. The summed E-state index contributed by atoms with van der Waals surface area (Å²) >= 11 is 0. The van der Waals surface area contributed by atoms with Gasteiger partial charge in [-0.3, -0.25) is 9.59 Å². The quantitative estimate of drug-likeness (QED) is 0.887. The molecule has 1 aromatic heterocycles. The van der Waals surface area contributed by atoms with Crippen LogP contribution in [0.4, 0.5) is 5.69 Å². The number of hydrogen-bond donors (Lipinski definition) is 1. The van der Waals surface area contributed by atoms with Gasteiger partial charge < -0.3 is 19.4 Å². The molecule has 26 heavy (non-hydrogen) atoms. The van der Waals surface area contributed by atoms with Crippen LogP contribution in [0.25, 0.3) is 0 Å². The van der Waals surface area contributed by atoms with E-state index in [0.29, 0.717) is 11.4 Å². The van der Waals surface area contributed by atoms with E-state index in [2.05, 4.69) is 19.2 Å². The Kier molecular flexibility index (Phi) is 5.61. The van der Waals surface area contributed by atoms with Crippen LogP contribution < -0.4 is 10.1 Å². The number of nitrogens with one attached hydrogen (secondary N) is 1. The minimum absolute atomic E-state index is 0.0138. The van der Waals surface area contributed by atoms with Crippen molar-refractivity contribution < 1.29 is 18.7 Å². The highest BCUT2D eigenvalue weighted by Gasteiger charge is 2.28. The van der Waals surface area contributed by atoms with Gasteiger partial charge in [0.25, 0.3) is 11.8 Å². The predicted molar refractivity (Wildman–Crippen MR) is 98.2 cm³/mol. The minimum atomic E-state index is -0.313. The number of likely N-dealkylation sites (tertiary alicyclic amines) is 1. The maximum atomic E-state index is 12.5. The van der Waals surface area contributed by atoms with Gasteiger partial charge in [0.15, 0.2) is 12.4 Å². The topological polar surface area (TPSA) is 71.8 Å². The van der Waals surface area contributed by atoms with Crippen molar-refractivity contribution >= 4 is 17.5 Å². The maximum Gasteiger partial charge on any atom is 0.291 e. The van der Waals surface area contributed by atoms with Crippen LogP contribution in [0, 0.1) is 0 Å². The lowest BCUT2D eigenvalue weighted by molar-refractivity contribution is -0.139. The summed E-state index contributed by atoms with van der Waals surface area (Å²) in [6.07, 6.45) is 4.70. The molecule has 3 rings (SSSR count). The lowest BCUT2D eigenvalue weighted by atomic mass is 9.97. The first kappa shape index (κ1) is 18.0. The number of ether oxygens (including phenoxy) is 1. The fourth-order valence-corrected chi connectivity index (χ4v) is 3.37. The first-order valence-electron chi connectivity index (χ1n) is 8.93. The SMILES string of the molecule is CC1CCCC(C)N1C(=O)COc1ccc(NC(=O)c2ccco2)cc1. The second-order valence-electron chi connectivity index (χ2n) is 6.67. The van der Waals surface area contributed by atoms with E-state index in [4.69, 9.17) is 9.15 Å². The Hall–Kier alpha value is -2.76. The molecule has 0 spiro atoms. The molecule has 6 nitrogen and oxygen atoms in total. The third-order valence-corrected chi connectivity index (χ3v) is 4.70. The van der Waals surface area contributed by atoms with E-state index < -0.39 is 0 Å². The fraction of sp³-hybridized carbons (Fsp3) is 0.400. The molecule has 2 aromatic rings. The summed E-state index contributed by atoms with van der Waals surface area (Å²) in [5.41, 5.74) is 0.628. The second-order valence-corrected chi connectivity index (χ2v) is 6.67. The predicted octanol–water partition coefficient (Wildman–Crippen LogP) is 3.70. The Balaban J connectivity index is 1.52. The van der Waals surface area contributed by atoms with Crippen molar-refractivity contribution in [3.8, 4) is 5.75 Å². The van der Waals surface area contributed by atoms with Crippen LogP contribution in [-0.2, 0) is 4.79 Å². The summed E-state index contributed by atoms with van der Waals surface area (Å²) in [5, 5.41) is 2.74. The van der Waals surface area contributed by atoms with Crippen molar-refractivity contribution in [2.24, 2.45) is 0 Å². The van der Waals surface area contributed by atoms with Crippen molar-refractivity contribution in [1.29, 1.82) is 0 Å². The zero-order valence-corrected chi connectivity index (χ0v) is 15.1. The number of amides is 2. The smallest absolute Gasteiger partial charge is 0.291 e. The Morgan fingerprint density at radius 1 is 1.15 bits per heavy atom. The first-order valence-corrected chi connectivity index (χ1v) is 8.93. The molecule has 0 radical (unpaired) electrons. The fourth-order valence-electron chi connectivity index (χ4n) is 3.37. The number of furan rings is 1. The Labute approximate surface area is 153 Å². The molecule has 0 saturated carbocycles. The van der Waals surface area contributed by atoms with Crippen LogP contribution >= 0.6 is 0 Å². The minimum Gasteiger partial charge on any atom is -0.484 e. The zero-order valence-electron chi connectivity index (χ0n) is 15.1. The highest BCUT2D eigenvalue weighted by atomic mass is 16.5. The van der Waals surface area contributed by atoms with Crippen LogP contribution in [0.3, 0.4) is 0 Å². The van der Waals surface area contributed by atoms with Gasteiger partial charge in [-0.05, 0) is 69.5 Å². The number of piperidine rings is 1. The molecular weight excluding hydrogens is 332 g/mol. The van der Waals surface area contributed by atoms with Crippen molar-refractivity contribution in [2.75, 3.05) is 11.9 Å². The molecule has 2 heterocycles. The Bertz CT molecular complexity index is 730. The van der Waals surface area contributed by atoms with E-state index in [1.54, 1.807) is 36.4 Å². The molecule has 1 aromatic carbocycles. The number of rotatable bonds is 5. The Morgan fingerprint density at radius 3 is 2.46 bits per heavy atom. The summed E-state index contributed by atoms with van der Waals surface area (Å²) in [6.45, 7) is 4.20. The van der Waals surface area contributed by atoms with E-state index in [1.165, 1.54) is 6.26 Å². The van der Waals surface area contributed by atoms with E-state index in [9.17, 15) is 9.59 Å². The first-order chi connectivity index (χ1) is 12.5. The molecular formula is C20H24N2O4. The molecule has 1 saturated heterocycles. The number of benzene rings is 1. The Morgan fingerprint density at radius 2 is 1.85 bits per heavy atom. The second kappa shape index (κ2) is 8.08. The molecule has 0 bridgehead atoms. The molecule has 2 atom stereocenters. The van der Waals surface area contributed by atoms with Gasteiger partial charge in [0, 0.05) is 17.8 Å². The number of carbonyl (C=O) groups excluding carboxylic acids is 2. The van der Waals surface area contributed by atoms with Gasteiger partial charge in [-0.15, -0.1) is 0 Å². The van der Waals surface area contributed by atoms with E-state index >= 15 is 0 Å². The average molecular weight is 356 g/mol. The number of hydrogen-bond acceptors (Lipinski definition) is 4. The van der Waals surface area contributed by atoms with Crippen LogP contribution in [0.15, 0.2) is 47.1 Å². The third kappa shape index (κ3) is 4.25.